The summed E-state index contributed by atoms with van der Waals surface area (Å²) in [4.78, 5) is 16.3. The first-order valence-corrected chi connectivity index (χ1v) is 9.41. The van der Waals surface area contributed by atoms with Crippen molar-refractivity contribution in [1.82, 2.24) is 10.1 Å². The second kappa shape index (κ2) is 7.47. The fraction of sp³-hybridized carbons (Fsp3) is 0.286. The molecular formula is C21H19F3N4O2. The molecule has 1 aliphatic carbocycles. The van der Waals surface area contributed by atoms with Gasteiger partial charge in [0.05, 0.1) is 6.42 Å². The molecule has 4 rings (SSSR count). The summed E-state index contributed by atoms with van der Waals surface area (Å²) in [6.07, 6.45) is -2.25. The summed E-state index contributed by atoms with van der Waals surface area (Å²) >= 11 is 0. The van der Waals surface area contributed by atoms with Gasteiger partial charge in [-0.2, -0.15) is 13.2 Å². The van der Waals surface area contributed by atoms with Crippen molar-refractivity contribution in [2.75, 3.05) is 11.1 Å². The third-order valence-corrected chi connectivity index (χ3v) is 5.45. The molecule has 0 radical (unpaired) electrons. The summed E-state index contributed by atoms with van der Waals surface area (Å²) in [5.74, 6) is -0.0644. The molecule has 30 heavy (non-hydrogen) atoms. The molecule has 0 aliphatic heterocycles. The lowest BCUT2D eigenvalue weighted by Crippen LogP contribution is -2.48. The Labute approximate surface area is 170 Å². The summed E-state index contributed by atoms with van der Waals surface area (Å²) in [7, 11) is 0. The second-order valence-electron chi connectivity index (χ2n) is 7.40. The average Bonchev–Trinajstić information content (AvgIpc) is 3.09. The predicted molar refractivity (Wildman–Crippen MR) is 105 cm³/mol. The van der Waals surface area contributed by atoms with Crippen LogP contribution in [0.2, 0.25) is 0 Å². The van der Waals surface area contributed by atoms with E-state index in [9.17, 15) is 18.0 Å². The highest BCUT2D eigenvalue weighted by Gasteiger charge is 2.61. The van der Waals surface area contributed by atoms with E-state index in [1.807, 2.05) is 18.2 Å². The van der Waals surface area contributed by atoms with Crippen molar-refractivity contribution in [1.29, 1.82) is 0 Å². The van der Waals surface area contributed by atoms with Crippen molar-refractivity contribution >= 4 is 17.6 Å². The number of carbonyl (C=O) groups excluding carboxylic acids is 1. The molecule has 9 heteroatoms. The van der Waals surface area contributed by atoms with E-state index in [0.29, 0.717) is 12.2 Å². The molecule has 0 bridgehead atoms. The van der Waals surface area contributed by atoms with Gasteiger partial charge in [-0.1, -0.05) is 35.8 Å². The van der Waals surface area contributed by atoms with Crippen LogP contribution in [0.15, 0.2) is 53.2 Å². The maximum Gasteiger partial charge on any atom is 0.400 e. The molecule has 2 aromatic heterocycles. The fourth-order valence-electron chi connectivity index (χ4n) is 3.53. The molecule has 0 atom stereocenters. The van der Waals surface area contributed by atoms with Gasteiger partial charge >= 0.3 is 6.18 Å². The average molecular weight is 416 g/mol. The Morgan fingerprint density at radius 2 is 1.83 bits per heavy atom. The van der Waals surface area contributed by atoms with Gasteiger partial charge in [0.2, 0.25) is 11.8 Å². The van der Waals surface area contributed by atoms with Crippen molar-refractivity contribution < 1.29 is 22.5 Å². The van der Waals surface area contributed by atoms with Crippen LogP contribution in [0.1, 0.15) is 30.5 Å². The van der Waals surface area contributed by atoms with Crippen molar-refractivity contribution in [2.24, 2.45) is 0 Å². The van der Waals surface area contributed by atoms with E-state index >= 15 is 0 Å². The minimum atomic E-state index is -4.40. The van der Waals surface area contributed by atoms with Gasteiger partial charge in [0, 0.05) is 17.8 Å². The van der Waals surface area contributed by atoms with Crippen LogP contribution in [0, 0.1) is 0 Å². The number of halogens is 3. The zero-order valence-corrected chi connectivity index (χ0v) is 15.9. The first-order chi connectivity index (χ1) is 14.3. The third-order valence-electron chi connectivity index (χ3n) is 5.45. The number of nitrogen functional groups attached to an aromatic ring is 1. The van der Waals surface area contributed by atoms with Crippen LogP contribution < -0.4 is 11.1 Å². The number of anilines is 2. The van der Waals surface area contributed by atoms with Gasteiger partial charge in [0.15, 0.2) is 0 Å². The van der Waals surface area contributed by atoms with E-state index in [-0.39, 0.29) is 30.8 Å². The standard InChI is InChI=1S/C21H19F3N4O2/c22-21(23,24)20(8-1-9-20)16-11-19(30-28-16)27-18(29)10-13-2-4-14(5-3-13)15-6-7-17(25)26-12-15/h2-7,11-12H,1,8-10H2,(H2,25,26)(H,27,29). The lowest BCUT2D eigenvalue weighted by Gasteiger charge is -2.41. The Balaban J connectivity index is 1.39. The molecule has 1 aromatic carbocycles. The van der Waals surface area contributed by atoms with E-state index in [4.69, 9.17) is 10.3 Å². The maximum absolute atomic E-state index is 13.4. The Kier molecular flexibility index (Phi) is 4.97. The highest BCUT2D eigenvalue weighted by molar-refractivity contribution is 5.91. The van der Waals surface area contributed by atoms with Crippen molar-refractivity contribution in [3.63, 3.8) is 0 Å². The number of hydrogen-bond acceptors (Lipinski definition) is 5. The molecule has 1 amide bonds. The smallest absolute Gasteiger partial charge is 0.384 e. The lowest BCUT2D eigenvalue weighted by atomic mass is 9.66. The van der Waals surface area contributed by atoms with Crippen molar-refractivity contribution in [2.45, 2.75) is 37.3 Å². The SMILES string of the molecule is Nc1ccc(-c2ccc(CC(=O)Nc3cc(C4(C(F)(F)F)CCC4)no3)cc2)cn1. The van der Waals surface area contributed by atoms with E-state index in [1.165, 1.54) is 6.07 Å². The molecule has 6 nitrogen and oxygen atoms in total. The topological polar surface area (TPSA) is 94.0 Å². The quantitative estimate of drug-likeness (QED) is 0.639. The minimum Gasteiger partial charge on any atom is -0.384 e. The first-order valence-electron chi connectivity index (χ1n) is 9.41. The predicted octanol–water partition coefficient (Wildman–Crippen LogP) is 4.48. The van der Waals surface area contributed by atoms with Crippen molar-refractivity contribution in [3.05, 3.63) is 59.9 Å². The molecule has 2 heterocycles. The second-order valence-corrected chi connectivity index (χ2v) is 7.40. The summed E-state index contributed by atoms with van der Waals surface area (Å²) in [6, 6.07) is 12.0. The number of rotatable bonds is 5. The minimum absolute atomic E-state index is 0.0215. The zero-order chi connectivity index (χ0) is 21.4. The number of carbonyl (C=O) groups is 1. The summed E-state index contributed by atoms with van der Waals surface area (Å²) in [5.41, 5.74) is 5.99. The number of benzene rings is 1. The number of nitrogens with one attached hydrogen (secondary N) is 1. The summed E-state index contributed by atoms with van der Waals surface area (Å²) < 4.78 is 45.1. The van der Waals surface area contributed by atoms with Crippen LogP contribution in [0.5, 0.6) is 0 Å². The van der Waals surface area contributed by atoms with E-state index < -0.39 is 17.5 Å². The molecule has 1 saturated carbocycles. The number of aromatic nitrogens is 2. The molecule has 0 spiro atoms. The van der Waals surface area contributed by atoms with Crippen LogP contribution in [-0.4, -0.2) is 22.2 Å². The molecule has 3 N–H and O–H groups in total. The van der Waals surface area contributed by atoms with Crippen LogP contribution in [-0.2, 0) is 16.6 Å². The monoisotopic (exact) mass is 416 g/mol. The van der Waals surface area contributed by atoms with Gasteiger partial charge in [-0.15, -0.1) is 0 Å². The van der Waals surface area contributed by atoms with Gasteiger partial charge in [-0.3, -0.25) is 10.1 Å². The van der Waals surface area contributed by atoms with Gasteiger partial charge in [-0.05, 0) is 36.1 Å². The summed E-state index contributed by atoms with van der Waals surface area (Å²) in [6.45, 7) is 0. The van der Waals surface area contributed by atoms with E-state index in [2.05, 4.69) is 15.5 Å². The number of alkyl halides is 3. The maximum atomic E-state index is 13.4. The van der Waals surface area contributed by atoms with Crippen LogP contribution >= 0.6 is 0 Å². The molecule has 1 aliphatic rings. The van der Waals surface area contributed by atoms with Gasteiger partial charge < -0.3 is 10.3 Å². The highest BCUT2D eigenvalue weighted by Crippen LogP contribution is 2.54. The Bertz CT molecular complexity index is 1040. The number of nitrogens with two attached hydrogens (primary N) is 1. The van der Waals surface area contributed by atoms with E-state index in [0.717, 1.165) is 16.7 Å². The van der Waals surface area contributed by atoms with Crippen LogP contribution in [0.4, 0.5) is 24.9 Å². The van der Waals surface area contributed by atoms with Crippen molar-refractivity contribution in [3.8, 4) is 11.1 Å². The number of nitrogens with zero attached hydrogens (tertiary/aromatic N) is 2. The van der Waals surface area contributed by atoms with Crippen LogP contribution in [0.25, 0.3) is 11.1 Å². The first kappa shape index (κ1) is 19.9. The molecule has 156 valence electrons. The van der Waals surface area contributed by atoms with E-state index in [1.54, 1.807) is 24.4 Å². The highest BCUT2D eigenvalue weighted by atomic mass is 19.4. The molecule has 0 unspecified atom stereocenters. The number of amides is 1. The Hall–Kier alpha value is -3.36. The Morgan fingerprint density at radius 3 is 2.40 bits per heavy atom. The van der Waals surface area contributed by atoms with Crippen LogP contribution in [0.3, 0.4) is 0 Å². The fourth-order valence-corrected chi connectivity index (χ4v) is 3.53. The largest absolute Gasteiger partial charge is 0.400 e. The normalized spacial score (nSPS) is 15.4. The van der Waals surface area contributed by atoms with Gasteiger partial charge in [0.1, 0.15) is 16.9 Å². The third kappa shape index (κ3) is 3.74. The Morgan fingerprint density at radius 1 is 1.13 bits per heavy atom. The number of hydrogen-bond donors (Lipinski definition) is 2. The molecule has 3 aromatic rings. The summed E-state index contributed by atoms with van der Waals surface area (Å²) in [5, 5.41) is 6.04. The van der Waals surface area contributed by atoms with Gasteiger partial charge in [-0.25, -0.2) is 4.98 Å². The molecule has 1 fully saturated rings. The van der Waals surface area contributed by atoms with Gasteiger partial charge in [0.25, 0.3) is 0 Å². The lowest BCUT2D eigenvalue weighted by molar-refractivity contribution is -0.214. The zero-order valence-electron chi connectivity index (χ0n) is 15.9. The molecular weight excluding hydrogens is 397 g/mol. The number of pyridine rings is 1. The molecule has 0 saturated heterocycles.